The first-order chi connectivity index (χ1) is 9.71. The number of halogens is 5. The molecule has 1 unspecified atom stereocenters. The third kappa shape index (κ3) is 3.27. The summed E-state index contributed by atoms with van der Waals surface area (Å²) in [7, 11) is 0. The average Bonchev–Trinajstić information content (AvgIpc) is 2.39. The van der Waals surface area contributed by atoms with Crippen molar-refractivity contribution in [2.45, 2.75) is 19.2 Å². The standard InChI is InChI=1S/C15H11BrF4O/c1-8-3-2-4-10(13(8)16)14(21)9-5-6-11(12(17)7-9)15(18,19)20/h2-7,14,21H,1H3. The maximum atomic E-state index is 13.6. The Labute approximate surface area is 127 Å². The third-order valence-electron chi connectivity index (χ3n) is 3.13. The van der Waals surface area contributed by atoms with Crippen LogP contribution in [0.1, 0.15) is 28.4 Å². The molecule has 0 fully saturated rings. The van der Waals surface area contributed by atoms with Gasteiger partial charge in [0.2, 0.25) is 0 Å². The van der Waals surface area contributed by atoms with Crippen LogP contribution in [0.2, 0.25) is 0 Å². The topological polar surface area (TPSA) is 20.2 Å². The Morgan fingerprint density at radius 2 is 1.81 bits per heavy atom. The fourth-order valence-corrected chi connectivity index (χ4v) is 2.47. The van der Waals surface area contributed by atoms with Gasteiger partial charge >= 0.3 is 6.18 Å². The number of rotatable bonds is 2. The zero-order valence-corrected chi connectivity index (χ0v) is 12.5. The SMILES string of the molecule is Cc1cccc(C(O)c2ccc(C(F)(F)F)c(F)c2)c1Br. The number of aliphatic hydroxyl groups excluding tert-OH is 1. The first-order valence-corrected chi connectivity index (χ1v) is 6.81. The Kier molecular flexibility index (Phi) is 4.39. The molecule has 0 radical (unpaired) electrons. The summed E-state index contributed by atoms with van der Waals surface area (Å²) in [4.78, 5) is 0. The maximum Gasteiger partial charge on any atom is 0.419 e. The number of aryl methyl sites for hydroxylation is 1. The van der Waals surface area contributed by atoms with Crippen molar-refractivity contribution in [3.8, 4) is 0 Å². The van der Waals surface area contributed by atoms with Gasteiger partial charge in [-0.2, -0.15) is 13.2 Å². The molecular weight excluding hydrogens is 352 g/mol. The van der Waals surface area contributed by atoms with Gasteiger partial charge in [-0.05, 0) is 35.7 Å². The molecule has 1 atom stereocenters. The second-order valence-corrected chi connectivity index (χ2v) is 5.41. The third-order valence-corrected chi connectivity index (χ3v) is 4.21. The van der Waals surface area contributed by atoms with Crippen LogP contribution in [0.15, 0.2) is 40.9 Å². The van der Waals surface area contributed by atoms with Gasteiger partial charge in [-0.15, -0.1) is 0 Å². The van der Waals surface area contributed by atoms with Gasteiger partial charge in [0.25, 0.3) is 0 Å². The minimum atomic E-state index is -4.75. The fourth-order valence-electron chi connectivity index (χ4n) is 1.99. The van der Waals surface area contributed by atoms with Gasteiger partial charge in [0, 0.05) is 4.47 Å². The molecule has 0 saturated carbocycles. The highest BCUT2D eigenvalue weighted by Crippen LogP contribution is 2.35. The number of alkyl halides is 3. The quantitative estimate of drug-likeness (QED) is 0.745. The van der Waals surface area contributed by atoms with Gasteiger partial charge in [0.1, 0.15) is 11.9 Å². The van der Waals surface area contributed by atoms with Crippen LogP contribution >= 0.6 is 15.9 Å². The lowest BCUT2D eigenvalue weighted by Crippen LogP contribution is -2.10. The van der Waals surface area contributed by atoms with Crippen LogP contribution in [-0.2, 0) is 6.18 Å². The molecule has 2 aromatic carbocycles. The fraction of sp³-hybridized carbons (Fsp3) is 0.200. The van der Waals surface area contributed by atoms with E-state index in [1.807, 2.05) is 13.0 Å². The molecular formula is C15H11BrF4O. The minimum Gasteiger partial charge on any atom is -0.384 e. The number of hydrogen-bond donors (Lipinski definition) is 1. The Hall–Kier alpha value is -1.40. The van der Waals surface area contributed by atoms with Crippen molar-refractivity contribution in [3.05, 3.63) is 68.9 Å². The molecule has 21 heavy (non-hydrogen) atoms. The smallest absolute Gasteiger partial charge is 0.384 e. The Balaban J connectivity index is 2.43. The molecule has 6 heteroatoms. The van der Waals surface area contributed by atoms with E-state index in [2.05, 4.69) is 15.9 Å². The van der Waals surface area contributed by atoms with E-state index in [0.717, 1.165) is 11.6 Å². The van der Waals surface area contributed by atoms with Crippen LogP contribution in [0.25, 0.3) is 0 Å². The summed E-state index contributed by atoms with van der Waals surface area (Å²) < 4.78 is 51.7. The number of aliphatic hydroxyl groups is 1. The summed E-state index contributed by atoms with van der Waals surface area (Å²) in [5.74, 6) is -1.40. The van der Waals surface area contributed by atoms with E-state index in [-0.39, 0.29) is 5.56 Å². The summed E-state index contributed by atoms with van der Waals surface area (Å²) in [5.41, 5.74) is 0.0432. The van der Waals surface area contributed by atoms with Gasteiger partial charge in [-0.3, -0.25) is 0 Å². The van der Waals surface area contributed by atoms with Crippen LogP contribution in [0.4, 0.5) is 17.6 Å². The summed E-state index contributed by atoms with van der Waals surface area (Å²) in [6, 6.07) is 7.56. The minimum absolute atomic E-state index is 0.0619. The van der Waals surface area contributed by atoms with Gasteiger partial charge in [-0.1, -0.05) is 40.2 Å². The largest absolute Gasteiger partial charge is 0.419 e. The monoisotopic (exact) mass is 362 g/mol. The van der Waals surface area contributed by atoms with E-state index < -0.39 is 23.7 Å². The van der Waals surface area contributed by atoms with Crippen molar-refractivity contribution in [1.29, 1.82) is 0 Å². The van der Waals surface area contributed by atoms with Crippen molar-refractivity contribution < 1.29 is 22.7 Å². The predicted molar refractivity (Wildman–Crippen MR) is 74.3 cm³/mol. The molecule has 0 saturated heterocycles. The molecule has 2 aromatic rings. The summed E-state index contributed by atoms with van der Waals surface area (Å²) in [5, 5.41) is 10.2. The Morgan fingerprint density at radius 1 is 1.14 bits per heavy atom. The van der Waals surface area contributed by atoms with E-state index in [9.17, 15) is 22.7 Å². The lowest BCUT2D eigenvalue weighted by atomic mass is 9.98. The van der Waals surface area contributed by atoms with Crippen molar-refractivity contribution in [1.82, 2.24) is 0 Å². The van der Waals surface area contributed by atoms with Gasteiger partial charge < -0.3 is 5.11 Å². The van der Waals surface area contributed by atoms with E-state index >= 15 is 0 Å². The van der Waals surface area contributed by atoms with Gasteiger partial charge in [0.05, 0.1) is 5.56 Å². The Bertz CT molecular complexity index is 667. The number of benzene rings is 2. The van der Waals surface area contributed by atoms with E-state index in [4.69, 9.17) is 0 Å². The molecule has 0 aliphatic carbocycles. The lowest BCUT2D eigenvalue weighted by molar-refractivity contribution is -0.140. The van der Waals surface area contributed by atoms with Crippen molar-refractivity contribution in [2.24, 2.45) is 0 Å². The molecule has 0 aromatic heterocycles. The van der Waals surface area contributed by atoms with Crippen LogP contribution in [-0.4, -0.2) is 5.11 Å². The highest BCUT2D eigenvalue weighted by Gasteiger charge is 2.34. The average molecular weight is 363 g/mol. The molecule has 2 rings (SSSR count). The molecule has 0 aliphatic rings. The van der Waals surface area contributed by atoms with Crippen molar-refractivity contribution >= 4 is 15.9 Å². The molecule has 112 valence electrons. The molecule has 0 amide bonds. The summed E-state index contributed by atoms with van der Waals surface area (Å²) >= 11 is 3.31. The van der Waals surface area contributed by atoms with E-state index in [0.29, 0.717) is 22.2 Å². The lowest BCUT2D eigenvalue weighted by Gasteiger charge is -2.16. The van der Waals surface area contributed by atoms with Gasteiger partial charge in [0.15, 0.2) is 0 Å². The molecule has 1 nitrogen and oxygen atoms in total. The maximum absolute atomic E-state index is 13.6. The van der Waals surface area contributed by atoms with Crippen molar-refractivity contribution in [2.75, 3.05) is 0 Å². The van der Waals surface area contributed by atoms with Crippen LogP contribution in [0, 0.1) is 12.7 Å². The molecule has 0 heterocycles. The zero-order chi connectivity index (χ0) is 15.8. The summed E-state index contributed by atoms with van der Waals surface area (Å²) in [6.45, 7) is 1.81. The first kappa shape index (κ1) is 16.0. The molecule has 0 spiro atoms. The molecule has 0 bridgehead atoms. The summed E-state index contributed by atoms with van der Waals surface area (Å²) in [6.07, 6.45) is -5.96. The predicted octanol–water partition coefficient (Wildman–Crippen LogP) is 5.00. The van der Waals surface area contributed by atoms with Crippen molar-refractivity contribution in [3.63, 3.8) is 0 Å². The Morgan fingerprint density at radius 3 is 2.38 bits per heavy atom. The first-order valence-electron chi connectivity index (χ1n) is 6.01. The zero-order valence-electron chi connectivity index (χ0n) is 10.9. The van der Waals surface area contributed by atoms with Crippen LogP contribution in [0.3, 0.4) is 0 Å². The van der Waals surface area contributed by atoms with E-state index in [1.54, 1.807) is 12.1 Å². The van der Waals surface area contributed by atoms with Crippen LogP contribution in [0.5, 0.6) is 0 Å². The molecule has 0 aliphatic heterocycles. The second kappa shape index (κ2) is 5.77. The highest BCUT2D eigenvalue weighted by atomic mass is 79.9. The normalized spacial score (nSPS) is 13.3. The van der Waals surface area contributed by atoms with Gasteiger partial charge in [-0.25, -0.2) is 4.39 Å². The number of hydrogen-bond acceptors (Lipinski definition) is 1. The molecule has 1 N–H and O–H groups in total. The second-order valence-electron chi connectivity index (χ2n) is 4.62. The van der Waals surface area contributed by atoms with E-state index in [1.165, 1.54) is 0 Å². The van der Waals surface area contributed by atoms with Crippen LogP contribution < -0.4 is 0 Å². The highest BCUT2D eigenvalue weighted by molar-refractivity contribution is 9.10.